The minimum absolute atomic E-state index is 0.504. The second-order valence-corrected chi connectivity index (χ2v) is 25.1. The highest BCUT2D eigenvalue weighted by atomic mass is 14.7. The summed E-state index contributed by atoms with van der Waals surface area (Å²) in [5.41, 5.74) is 16.9. The molecule has 0 bridgehead atoms. The number of fused-ring (bicyclic) bond motifs is 7. The van der Waals surface area contributed by atoms with Crippen molar-refractivity contribution in [3.8, 4) is 0 Å². The van der Waals surface area contributed by atoms with Crippen LogP contribution in [0.3, 0.4) is 0 Å². The van der Waals surface area contributed by atoms with E-state index in [4.69, 9.17) is 0 Å². The molecule has 7 aromatic carbocycles. The van der Waals surface area contributed by atoms with Crippen LogP contribution in [-0.4, -0.2) is 34.9 Å². The number of hydrogen-bond acceptors (Lipinski definition) is 7. The molecule has 14 aromatic rings. The zero-order valence-electron chi connectivity index (χ0n) is 55.9. The van der Waals surface area contributed by atoms with Crippen molar-refractivity contribution in [2.24, 2.45) is 0 Å². The first-order valence-electron chi connectivity index (χ1n) is 32.4. The van der Waals surface area contributed by atoms with Crippen molar-refractivity contribution in [3.05, 3.63) is 295 Å². The number of benzene rings is 7. The lowest BCUT2D eigenvalue weighted by Crippen LogP contribution is -1.91. The molecule has 7 nitrogen and oxygen atoms in total. The summed E-state index contributed by atoms with van der Waals surface area (Å²) in [6, 6.07) is 75.2. The van der Waals surface area contributed by atoms with Crippen LogP contribution >= 0.6 is 0 Å². The maximum Gasteiger partial charge on any atom is 0.0736 e. The van der Waals surface area contributed by atoms with Gasteiger partial charge in [-0.1, -0.05) is 230 Å². The highest BCUT2D eigenvalue weighted by Gasteiger charge is 2.08. The van der Waals surface area contributed by atoms with Gasteiger partial charge in [-0.2, -0.15) is 0 Å². The number of pyridine rings is 7. The number of hydrogen-bond donors (Lipinski definition) is 0. The molecule has 7 heteroatoms. The number of aromatic nitrogens is 7. The molecule has 0 spiro atoms. The van der Waals surface area contributed by atoms with Crippen LogP contribution in [0.5, 0.6) is 0 Å². The molecular weight excluding hydrogens is 1110 g/mol. The Balaban J connectivity index is 0.000000137. The summed E-state index contributed by atoms with van der Waals surface area (Å²) in [4.78, 5) is 30.6. The van der Waals surface area contributed by atoms with E-state index in [2.05, 4.69) is 290 Å². The van der Waals surface area contributed by atoms with Crippen molar-refractivity contribution in [1.29, 1.82) is 0 Å². The predicted octanol–water partition coefficient (Wildman–Crippen LogP) is 23.5. The molecule has 0 saturated heterocycles. The third-order valence-corrected chi connectivity index (χ3v) is 16.0. The summed E-state index contributed by atoms with van der Waals surface area (Å²) in [7, 11) is 0. The molecular formula is C84H91N7. The number of rotatable bonds is 7. The van der Waals surface area contributed by atoms with Crippen LogP contribution < -0.4 is 0 Å². The lowest BCUT2D eigenvalue weighted by Gasteiger charge is -2.08. The summed E-state index contributed by atoms with van der Waals surface area (Å²) in [6.45, 7) is 30.7. The third-order valence-electron chi connectivity index (χ3n) is 16.0. The first-order chi connectivity index (χ1) is 43.9. The van der Waals surface area contributed by atoms with E-state index in [0.717, 1.165) is 38.6 Å². The maximum atomic E-state index is 4.57. The smallest absolute Gasteiger partial charge is 0.0736 e. The number of para-hydroxylation sites is 4. The Labute approximate surface area is 541 Å². The van der Waals surface area contributed by atoms with Gasteiger partial charge in [-0.3, -0.25) is 34.9 Å². The molecule has 462 valence electrons. The Morgan fingerprint density at radius 1 is 0.231 bits per heavy atom. The fourth-order valence-corrected chi connectivity index (χ4v) is 10.5. The van der Waals surface area contributed by atoms with Gasteiger partial charge < -0.3 is 0 Å². The van der Waals surface area contributed by atoms with Gasteiger partial charge >= 0.3 is 0 Å². The van der Waals surface area contributed by atoms with Gasteiger partial charge in [0.1, 0.15) is 0 Å². The van der Waals surface area contributed by atoms with Crippen molar-refractivity contribution in [2.75, 3.05) is 0 Å². The Morgan fingerprint density at radius 2 is 0.648 bits per heavy atom. The highest BCUT2D eigenvalue weighted by molar-refractivity contribution is 5.85. The Kier molecular flexibility index (Phi) is 24.6. The van der Waals surface area contributed by atoms with Gasteiger partial charge in [0.2, 0.25) is 0 Å². The minimum atomic E-state index is 0.504. The van der Waals surface area contributed by atoms with Crippen molar-refractivity contribution in [3.63, 3.8) is 0 Å². The fourth-order valence-electron chi connectivity index (χ4n) is 10.5. The van der Waals surface area contributed by atoms with E-state index in [-0.39, 0.29) is 0 Å². The molecule has 0 aliphatic rings. The molecule has 0 fully saturated rings. The van der Waals surface area contributed by atoms with Crippen LogP contribution in [0.25, 0.3) is 76.3 Å². The van der Waals surface area contributed by atoms with Gasteiger partial charge in [0.05, 0.1) is 38.6 Å². The molecule has 0 radical (unpaired) electrons. The molecule has 14 rings (SSSR count). The fraction of sp³-hybridized carbons (Fsp3) is 0.250. The average molecular weight is 1200 g/mol. The molecule has 0 N–H and O–H groups in total. The summed E-state index contributed by atoms with van der Waals surface area (Å²) < 4.78 is 0. The SMILES string of the molecule is CC(C)c1ccc2ccccc2n1.CC(C)c1ccc2cccnc2c1.CC(C)c1ccc2ncccc2c1.CC(C)c1cccc2cccnc12.CC(C)c1cccc2ncccc12.CC(C)c1ccnc2ccccc12.CC(C)c1cnc2ccccc2c1. The molecule has 0 aliphatic heterocycles. The normalized spacial score (nSPS) is 11.0. The summed E-state index contributed by atoms with van der Waals surface area (Å²) in [6.07, 6.45) is 11.2. The molecule has 0 amide bonds. The van der Waals surface area contributed by atoms with E-state index in [1.165, 1.54) is 76.8 Å². The zero-order valence-corrected chi connectivity index (χ0v) is 55.9. The van der Waals surface area contributed by atoms with Gasteiger partial charge in [0.25, 0.3) is 0 Å². The second kappa shape index (κ2) is 33.3. The first kappa shape index (κ1) is 67.3. The zero-order chi connectivity index (χ0) is 64.8. The van der Waals surface area contributed by atoms with Crippen molar-refractivity contribution >= 4 is 76.3 Å². The van der Waals surface area contributed by atoms with E-state index in [1.54, 1.807) is 0 Å². The van der Waals surface area contributed by atoms with Crippen LogP contribution in [0.1, 0.15) is 177 Å². The van der Waals surface area contributed by atoms with Crippen LogP contribution in [0.2, 0.25) is 0 Å². The Hall–Kier alpha value is -9.59. The van der Waals surface area contributed by atoms with Gasteiger partial charge in [-0.15, -0.1) is 0 Å². The second-order valence-electron chi connectivity index (χ2n) is 25.1. The molecule has 0 unspecified atom stereocenters. The van der Waals surface area contributed by atoms with E-state index < -0.39 is 0 Å². The first-order valence-corrected chi connectivity index (χ1v) is 32.4. The summed E-state index contributed by atoms with van der Waals surface area (Å²) >= 11 is 0. The van der Waals surface area contributed by atoms with Crippen LogP contribution in [0, 0.1) is 0 Å². The maximum absolute atomic E-state index is 4.57. The molecule has 0 saturated carbocycles. The van der Waals surface area contributed by atoms with Crippen LogP contribution in [-0.2, 0) is 0 Å². The third kappa shape index (κ3) is 19.0. The Bertz CT molecular complexity index is 3990. The van der Waals surface area contributed by atoms with Gasteiger partial charge in [0.15, 0.2) is 0 Å². The van der Waals surface area contributed by atoms with E-state index in [1.807, 2.05) is 97.8 Å². The molecule has 7 heterocycles. The summed E-state index contributed by atoms with van der Waals surface area (Å²) in [5, 5.41) is 8.68. The quantitative estimate of drug-likeness (QED) is 0.157. The van der Waals surface area contributed by atoms with Gasteiger partial charge in [-0.05, 0) is 160 Å². The predicted molar refractivity (Wildman–Crippen MR) is 391 cm³/mol. The molecule has 0 atom stereocenters. The van der Waals surface area contributed by atoms with Crippen molar-refractivity contribution in [2.45, 2.75) is 138 Å². The molecule has 7 aromatic heterocycles. The highest BCUT2D eigenvalue weighted by Crippen LogP contribution is 2.27. The van der Waals surface area contributed by atoms with Crippen molar-refractivity contribution in [1.82, 2.24) is 34.9 Å². The standard InChI is InChI=1S/7C12H13N/c1-9(2)10-5-3-7-12-11(10)6-4-8-13-12;1-9(2)11-7-3-5-10-6-4-8-13-12(10)11;1-9(2)10-5-6-12-11(8-10)4-3-7-13-12;1-9(2)11-6-5-10-4-3-7-13-12(10)8-11;1-9(2)11-7-10-5-3-4-6-12(10)13-8-11;1-9(2)10-7-8-13-12-6-4-3-5-11(10)12;1-9(2)11-8-7-10-5-3-4-6-12(10)13-11/h7*3-9H,1-2H3. The minimum Gasteiger partial charge on any atom is -0.256 e. The molecule has 0 aliphatic carbocycles. The Morgan fingerprint density at radius 3 is 1.31 bits per heavy atom. The average Bonchev–Trinajstić information content (AvgIpc) is 1.59. The van der Waals surface area contributed by atoms with E-state index in [9.17, 15) is 0 Å². The van der Waals surface area contributed by atoms with E-state index >= 15 is 0 Å². The number of nitrogens with zero attached hydrogens (tertiary/aromatic N) is 7. The van der Waals surface area contributed by atoms with E-state index in [0.29, 0.717) is 41.4 Å². The van der Waals surface area contributed by atoms with Crippen LogP contribution in [0.15, 0.2) is 256 Å². The topological polar surface area (TPSA) is 90.2 Å². The van der Waals surface area contributed by atoms with Gasteiger partial charge in [-0.25, -0.2) is 0 Å². The van der Waals surface area contributed by atoms with Crippen LogP contribution in [0.4, 0.5) is 0 Å². The lowest BCUT2D eigenvalue weighted by atomic mass is 9.98. The van der Waals surface area contributed by atoms with Gasteiger partial charge in [0, 0.05) is 80.6 Å². The monoisotopic (exact) mass is 1200 g/mol. The molecule has 91 heavy (non-hydrogen) atoms. The lowest BCUT2D eigenvalue weighted by molar-refractivity contribution is 0.830. The summed E-state index contributed by atoms with van der Waals surface area (Å²) in [5.74, 6) is 3.89. The largest absolute Gasteiger partial charge is 0.256 e. The van der Waals surface area contributed by atoms with Crippen molar-refractivity contribution < 1.29 is 0 Å².